The zero-order valence-electron chi connectivity index (χ0n) is 13.6. The van der Waals surface area contributed by atoms with E-state index in [4.69, 9.17) is 4.74 Å². The maximum atomic E-state index is 12.3. The van der Waals surface area contributed by atoms with Gasteiger partial charge in [-0.1, -0.05) is 18.2 Å². The molecule has 1 saturated heterocycles. The third kappa shape index (κ3) is 5.56. The number of piperidine rings is 1. The molecule has 2 rings (SSSR count). The number of methoxy groups -OCH3 is 1. The molecule has 6 heteroatoms. The second-order valence-electron chi connectivity index (χ2n) is 5.72. The number of hydrogen-bond acceptors (Lipinski definition) is 3. The van der Waals surface area contributed by atoms with Gasteiger partial charge in [-0.2, -0.15) is 0 Å². The van der Waals surface area contributed by atoms with Gasteiger partial charge in [0, 0.05) is 39.0 Å². The van der Waals surface area contributed by atoms with E-state index in [0.29, 0.717) is 26.2 Å². The van der Waals surface area contributed by atoms with Crippen LogP contribution in [0, 0.1) is 5.92 Å². The van der Waals surface area contributed by atoms with Crippen molar-refractivity contribution in [2.24, 2.45) is 5.92 Å². The van der Waals surface area contributed by atoms with E-state index in [1.54, 1.807) is 12.0 Å². The Hall–Kier alpha value is -2.08. The molecule has 0 saturated carbocycles. The first-order valence-electron chi connectivity index (χ1n) is 8.08. The van der Waals surface area contributed by atoms with E-state index in [9.17, 15) is 9.59 Å². The van der Waals surface area contributed by atoms with Crippen LogP contribution in [0.1, 0.15) is 19.3 Å². The summed E-state index contributed by atoms with van der Waals surface area (Å²) in [6.45, 7) is 2.40. The van der Waals surface area contributed by atoms with Crippen LogP contribution in [0.15, 0.2) is 30.3 Å². The van der Waals surface area contributed by atoms with Crippen LogP contribution in [0.4, 0.5) is 10.5 Å². The first kappa shape index (κ1) is 17.3. The van der Waals surface area contributed by atoms with Crippen LogP contribution < -0.4 is 10.6 Å². The molecule has 1 heterocycles. The standard InChI is InChI=1S/C17H25N3O3/c1-23-12-6-10-18-16(21)14-7-5-11-20(13-14)17(22)19-15-8-3-2-4-9-15/h2-4,8-9,14H,5-7,10-13H2,1H3,(H,18,21)(H,19,22). The average molecular weight is 319 g/mol. The number of urea groups is 1. The zero-order chi connectivity index (χ0) is 16.5. The van der Waals surface area contributed by atoms with Gasteiger partial charge in [-0.25, -0.2) is 4.79 Å². The van der Waals surface area contributed by atoms with E-state index >= 15 is 0 Å². The Morgan fingerprint density at radius 1 is 1.30 bits per heavy atom. The van der Waals surface area contributed by atoms with Crippen molar-refractivity contribution in [2.45, 2.75) is 19.3 Å². The Kier molecular flexibility index (Phi) is 6.87. The van der Waals surface area contributed by atoms with Gasteiger partial charge in [-0.05, 0) is 31.4 Å². The summed E-state index contributed by atoms with van der Waals surface area (Å²) in [6.07, 6.45) is 2.47. The minimum atomic E-state index is -0.145. The monoisotopic (exact) mass is 319 g/mol. The number of likely N-dealkylation sites (tertiary alicyclic amines) is 1. The highest BCUT2D eigenvalue weighted by Gasteiger charge is 2.28. The number of anilines is 1. The first-order chi connectivity index (χ1) is 11.2. The molecule has 0 spiro atoms. The van der Waals surface area contributed by atoms with E-state index < -0.39 is 0 Å². The van der Waals surface area contributed by atoms with Crippen molar-refractivity contribution in [2.75, 3.05) is 38.7 Å². The first-order valence-corrected chi connectivity index (χ1v) is 8.08. The number of benzene rings is 1. The summed E-state index contributed by atoms with van der Waals surface area (Å²) >= 11 is 0. The summed E-state index contributed by atoms with van der Waals surface area (Å²) in [5, 5.41) is 5.79. The fraction of sp³-hybridized carbons (Fsp3) is 0.529. The van der Waals surface area contributed by atoms with Gasteiger partial charge < -0.3 is 20.3 Å². The van der Waals surface area contributed by atoms with Crippen LogP contribution in [-0.4, -0.2) is 50.2 Å². The lowest BCUT2D eigenvalue weighted by atomic mass is 9.97. The quantitative estimate of drug-likeness (QED) is 0.789. The third-order valence-electron chi connectivity index (χ3n) is 3.93. The number of nitrogens with zero attached hydrogens (tertiary/aromatic N) is 1. The van der Waals surface area contributed by atoms with Gasteiger partial charge in [0.1, 0.15) is 0 Å². The second-order valence-corrected chi connectivity index (χ2v) is 5.72. The second kappa shape index (κ2) is 9.15. The zero-order valence-corrected chi connectivity index (χ0v) is 13.6. The summed E-state index contributed by atoms with van der Waals surface area (Å²) < 4.78 is 4.96. The molecule has 1 aromatic rings. The highest BCUT2D eigenvalue weighted by molar-refractivity contribution is 5.90. The number of rotatable bonds is 6. The lowest BCUT2D eigenvalue weighted by molar-refractivity contribution is -0.126. The maximum absolute atomic E-state index is 12.3. The number of carbonyl (C=O) groups excluding carboxylic acids is 2. The van der Waals surface area contributed by atoms with Crippen LogP contribution in [0.3, 0.4) is 0 Å². The predicted molar refractivity (Wildman–Crippen MR) is 89.3 cm³/mol. The molecule has 0 bridgehead atoms. The van der Waals surface area contributed by atoms with E-state index in [0.717, 1.165) is 24.9 Å². The third-order valence-corrected chi connectivity index (χ3v) is 3.93. The molecule has 3 amide bonds. The minimum absolute atomic E-state index is 0.0262. The summed E-state index contributed by atoms with van der Waals surface area (Å²) in [5.41, 5.74) is 0.767. The van der Waals surface area contributed by atoms with Gasteiger partial charge in [-0.3, -0.25) is 4.79 Å². The molecule has 23 heavy (non-hydrogen) atoms. The number of hydrogen-bond donors (Lipinski definition) is 2. The maximum Gasteiger partial charge on any atom is 0.321 e. The van der Waals surface area contributed by atoms with Gasteiger partial charge >= 0.3 is 6.03 Å². The molecule has 2 N–H and O–H groups in total. The number of carbonyl (C=O) groups is 2. The van der Waals surface area contributed by atoms with Crippen molar-refractivity contribution in [3.8, 4) is 0 Å². The van der Waals surface area contributed by atoms with Gasteiger partial charge in [0.15, 0.2) is 0 Å². The van der Waals surface area contributed by atoms with Crippen molar-refractivity contribution < 1.29 is 14.3 Å². The SMILES string of the molecule is COCCCNC(=O)C1CCCN(C(=O)Nc2ccccc2)C1. The van der Waals surface area contributed by atoms with Crippen molar-refractivity contribution in [1.29, 1.82) is 0 Å². The van der Waals surface area contributed by atoms with E-state index in [1.807, 2.05) is 30.3 Å². The Bertz CT molecular complexity index is 507. The molecule has 126 valence electrons. The minimum Gasteiger partial charge on any atom is -0.385 e. The molecule has 1 aliphatic heterocycles. The molecular weight excluding hydrogens is 294 g/mol. The fourth-order valence-corrected chi connectivity index (χ4v) is 2.67. The summed E-state index contributed by atoms with van der Waals surface area (Å²) in [7, 11) is 1.65. The van der Waals surface area contributed by atoms with Crippen LogP contribution in [-0.2, 0) is 9.53 Å². The van der Waals surface area contributed by atoms with Gasteiger partial charge in [0.25, 0.3) is 0 Å². The lowest BCUT2D eigenvalue weighted by Crippen LogP contribution is -2.47. The van der Waals surface area contributed by atoms with Crippen LogP contribution >= 0.6 is 0 Å². The molecule has 1 unspecified atom stereocenters. The predicted octanol–water partition coefficient (Wildman–Crippen LogP) is 2.08. The van der Waals surface area contributed by atoms with Gasteiger partial charge in [0.2, 0.25) is 5.91 Å². The smallest absolute Gasteiger partial charge is 0.321 e. The molecule has 1 aliphatic rings. The molecule has 0 aliphatic carbocycles. The van der Waals surface area contributed by atoms with Crippen molar-refractivity contribution in [3.05, 3.63) is 30.3 Å². The summed E-state index contributed by atoms with van der Waals surface area (Å²) in [6, 6.07) is 9.21. The van der Waals surface area contributed by atoms with E-state index in [-0.39, 0.29) is 17.9 Å². The average Bonchev–Trinajstić information content (AvgIpc) is 2.59. The highest BCUT2D eigenvalue weighted by atomic mass is 16.5. The highest BCUT2D eigenvalue weighted by Crippen LogP contribution is 2.18. The number of nitrogens with one attached hydrogen (secondary N) is 2. The van der Waals surface area contributed by atoms with Crippen LogP contribution in [0.2, 0.25) is 0 Å². The molecule has 6 nitrogen and oxygen atoms in total. The summed E-state index contributed by atoms with van der Waals surface area (Å²) in [4.78, 5) is 26.2. The van der Waals surface area contributed by atoms with Crippen LogP contribution in [0.25, 0.3) is 0 Å². The Labute approximate surface area is 137 Å². The van der Waals surface area contributed by atoms with Gasteiger partial charge in [-0.15, -0.1) is 0 Å². The topological polar surface area (TPSA) is 70.7 Å². The Morgan fingerprint density at radius 3 is 2.83 bits per heavy atom. The number of para-hydroxylation sites is 1. The normalized spacial score (nSPS) is 17.6. The van der Waals surface area contributed by atoms with Crippen molar-refractivity contribution >= 4 is 17.6 Å². The van der Waals surface area contributed by atoms with Crippen molar-refractivity contribution in [3.63, 3.8) is 0 Å². The number of ether oxygens (including phenoxy) is 1. The molecule has 1 aromatic carbocycles. The summed E-state index contributed by atoms with van der Waals surface area (Å²) in [5.74, 6) is -0.105. The van der Waals surface area contributed by atoms with Crippen LogP contribution in [0.5, 0.6) is 0 Å². The Balaban J connectivity index is 1.80. The molecular formula is C17H25N3O3. The molecule has 0 radical (unpaired) electrons. The molecule has 1 fully saturated rings. The largest absolute Gasteiger partial charge is 0.385 e. The van der Waals surface area contributed by atoms with Crippen molar-refractivity contribution in [1.82, 2.24) is 10.2 Å². The van der Waals surface area contributed by atoms with Gasteiger partial charge in [0.05, 0.1) is 5.92 Å². The van der Waals surface area contributed by atoms with E-state index in [2.05, 4.69) is 10.6 Å². The number of amides is 3. The van der Waals surface area contributed by atoms with E-state index in [1.165, 1.54) is 0 Å². The molecule has 1 atom stereocenters. The lowest BCUT2D eigenvalue weighted by Gasteiger charge is -2.32. The fourth-order valence-electron chi connectivity index (χ4n) is 2.67. The Morgan fingerprint density at radius 2 is 2.09 bits per heavy atom. The molecule has 0 aromatic heterocycles.